The van der Waals surface area contributed by atoms with Crippen LogP contribution in [0.3, 0.4) is 0 Å². The van der Waals surface area contributed by atoms with E-state index >= 15 is 0 Å². The second-order valence-electron chi connectivity index (χ2n) is 6.63. The minimum absolute atomic E-state index is 0.0591. The molecule has 1 amide bonds. The Balaban J connectivity index is 2.87. The van der Waals surface area contributed by atoms with Crippen LogP contribution < -0.4 is 0 Å². The van der Waals surface area contributed by atoms with Crippen molar-refractivity contribution < 1.29 is 14.3 Å². The summed E-state index contributed by atoms with van der Waals surface area (Å²) < 4.78 is 6.16. The maximum atomic E-state index is 12.7. The lowest BCUT2D eigenvalue weighted by molar-refractivity contribution is -0.155. The van der Waals surface area contributed by atoms with Crippen molar-refractivity contribution in [3.8, 4) is 0 Å². The number of halogens is 1. The zero-order chi connectivity index (χ0) is 17.6. The summed E-state index contributed by atoms with van der Waals surface area (Å²) in [5.41, 5.74) is -0.0231. The van der Waals surface area contributed by atoms with E-state index in [9.17, 15) is 9.59 Å². The summed E-state index contributed by atoms with van der Waals surface area (Å²) >= 11 is 3.36. The lowest BCUT2D eigenvalue weighted by atomic mass is 10.2. The van der Waals surface area contributed by atoms with Crippen molar-refractivity contribution in [2.24, 2.45) is 0 Å². The highest BCUT2D eigenvalue weighted by Gasteiger charge is 2.23. The van der Waals surface area contributed by atoms with Gasteiger partial charge in [0.25, 0.3) is 5.91 Å². The van der Waals surface area contributed by atoms with Gasteiger partial charge in [0.1, 0.15) is 12.1 Å². The summed E-state index contributed by atoms with van der Waals surface area (Å²) in [6, 6.07) is 7.15. The smallest absolute Gasteiger partial charge is 0.326 e. The van der Waals surface area contributed by atoms with Crippen LogP contribution in [-0.2, 0) is 9.53 Å². The molecule has 6 heteroatoms. The minimum Gasteiger partial charge on any atom is -0.459 e. The van der Waals surface area contributed by atoms with Crippen LogP contribution in [0.25, 0.3) is 0 Å². The summed E-state index contributed by atoms with van der Waals surface area (Å²) in [6.45, 7) is 6.50. The van der Waals surface area contributed by atoms with Gasteiger partial charge in [-0.25, -0.2) is 0 Å². The number of amides is 1. The van der Waals surface area contributed by atoms with Gasteiger partial charge in [0.2, 0.25) is 0 Å². The Bertz CT molecular complexity index is 553. The highest BCUT2D eigenvalue weighted by molar-refractivity contribution is 9.10. The van der Waals surface area contributed by atoms with Crippen molar-refractivity contribution >= 4 is 27.8 Å². The van der Waals surface area contributed by atoms with Crippen LogP contribution in [0.1, 0.15) is 31.1 Å². The van der Waals surface area contributed by atoms with Gasteiger partial charge in [-0.3, -0.25) is 9.59 Å². The summed E-state index contributed by atoms with van der Waals surface area (Å²) in [4.78, 5) is 28.3. The summed E-state index contributed by atoms with van der Waals surface area (Å²) in [5.74, 6) is -0.585. The molecule has 0 aliphatic rings. The molecule has 1 rings (SSSR count). The van der Waals surface area contributed by atoms with E-state index in [1.165, 1.54) is 4.90 Å². The third kappa shape index (κ3) is 7.61. The fourth-order valence-electron chi connectivity index (χ4n) is 1.91. The number of hydrogen-bond donors (Lipinski definition) is 0. The van der Waals surface area contributed by atoms with Crippen LogP contribution in [0.2, 0.25) is 0 Å². The summed E-state index contributed by atoms with van der Waals surface area (Å²) in [5, 5.41) is 0. The first kappa shape index (κ1) is 19.6. The number of carbonyl (C=O) groups excluding carboxylic acids is 2. The number of esters is 1. The molecule has 0 spiro atoms. The van der Waals surface area contributed by atoms with Crippen molar-refractivity contribution in [3.63, 3.8) is 0 Å². The minimum atomic E-state index is -0.566. The first-order valence-electron chi connectivity index (χ1n) is 7.50. The Morgan fingerprint density at radius 1 is 1.17 bits per heavy atom. The van der Waals surface area contributed by atoms with Gasteiger partial charge in [0, 0.05) is 23.1 Å². The van der Waals surface area contributed by atoms with E-state index in [1.807, 2.05) is 45.8 Å². The van der Waals surface area contributed by atoms with Gasteiger partial charge >= 0.3 is 5.97 Å². The molecule has 0 saturated heterocycles. The third-order valence-corrected chi connectivity index (χ3v) is 3.41. The molecule has 0 unspecified atom stereocenters. The molecule has 0 aliphatic carbocycles. The molecule has 0 aliphatic heterocycles. The van der Waals surface area contributed by atoms with Gasteiger partial charge in [-0.15, -0.1) is 0 Å². The summed E-state index contributed by atoms with van der Waals surface area (Å²) in [7, 11) is 3.85. The van der Waals surface area contributed by atoms with Gasteiger partial charge in [0.15, 0.2) is 0 Å². The van der Waals surface area contributed by atoms with Crippen LogP contribution in [0.15, 0.2) is 28.7 Å². The average molecular weight is 385 g/mol. The molecule has 0 aromatic heterocycles. The molecule has 5 nitrogen and oxygen atoms in total. The Labute approximate surface area is 146 Å². The molecule has 0 fully saturated rings. The van der Waals surface area contributed by atoms with Crippen molar-refractivity contribution in [1.29, 1.82) is 0 Å². The van der Waals surface area contributed by atoms with Crippen molar-refractivity contribution in [1.82, 2.24) is 9.80 Å². The monoisotopic (exact) mass is 384 g/mol. The van der Waals surface area contributed by atoms with Gasteiger partial charge in [-0.1, -0.05) is 22.0 Å². The number of nitrogens with zero attached hydrogens (tertiary/aromatic N) is 2. The van der Waals surface area contributed by atoms with E-state index in [0.29, 0.717) is 18.7 Å². The Morgan fingerprint density at radius 3 is 2.35 bits per heavy atom. The number of ether oxygens (including phenoxy) is 1. The Morgan fingerprint density at radius 2 is 1.83 bits per heavy atom. The van der Waals surface area contributed by atoms with Gasteiger partial charge in [0.05, 0.1) is 0 Å². The van der Waals surface area contributed by atoms with E-state index in [4.69, 9.17) is 4.74 Å². The number of benzene rings is 1. The largest absolute Gasteiger partial charge is 0.459 e. The van der Waals surface area contributed by atoms with Crippen LogP contribution in [-0.4, -0.2) is 61.0 Å². The molecule has 1 aromatic rings. The Hall–Kier alpha value is -1.40. The Kier molecular flexibility index (Phi) is 7.22. The number of hydrogen-bond acceptors (Lipinski definition) is 4. The predicted octanol–water partition coefficient (Wildman–Crippen LogP) is 2.79. The molecule has 0 heterocycles. The van der Waals surface area contributed by atoms with Crippen molar-refractivity contribution in [2.75, 3.05) is 33.7 Å². The highest BCUT2D eigenvalue weighted by atomic mass is 79.9. The normalized spacial score (nSPS) is 11.4. The standard InChI is InChI=1S/C17H25BrN2O3/c1-17(2,3)23-15(21)12-20(10-9-19(4)5)16(22)13-7-6-8-14(18)11-13/h6-8,11H,9-10,12H2,1-5H3. The highest BCUT2D eigenvalue weighted by Crippen LogP contribution is 2.14. The molecule has 0 radical (unpaired) electrons. The average Bonchev–Trinajstić information content (AvgIpc) is 2.40. The second kappa shape index (κ2) is 8.45. The first-order valence-corrected chi connectivity index (χ1v) is 8.29. The molecule has 1 aromatic carbocycles. The van der Waals surface area contributed by atoms with Crippen LogP contribution in [0.4, 0.5) is 0 Å². The lowest BCUT2D eigenvalue weighted by Gasteiger charge is -2.26. The van der Waals surface area contributed by atoms with Crippen molar-refractivity contribution in [2.45, 2.75) is 26.4 Å². The molecule has 0 bridgehead atoms. The molecule has 23 heavy (non-hydrogen) atoms. The molecule has 0 N–H and O–H groups in total. The fraction of sp³-hybridized carbons (Fsp3) is 0.529. The van der Waals surface area contributed by atoms with Crippen molar-refractivity contribution in [3.05, 3.63) is 34.3 Å². The van der Waals surface area contributed by atoms with E-state index in [1.54, 1.807) is 18.2 Å². The zero-order valence-corrected chi connectivity index (χ0v) is 16.0. The van der Waals surface area contributed by atoms with E-state index < -0.39 is 11.6 Å². The number of rotatable bonds is 6. The van der Waals surface area contributed by atoms with Crippen LogP contribution in [0.5, 0.6) is 0 Å². The number of likely N-dealkylation sites (N-methyl/N-ethyl adjacent to an activating group) is 1. The zero-order valence-electron chi connectivity index (χ0n) is 14.4. The third-order valence-electron chi connectivity index (χ3n) is 2.92. The molecule has 0 atom stereocenters. The maximum Gasteiger partial charge on any atom is 0.326 e. The number of carbonyl (C=O) groups is 2. The quantitative estimate of drug-likeness (QED) is 0.707. The SMILES string of the molecule is CN(C)CCN(CC(=O)OC(C)(C)C)C(=O)c1cccc(Br)c1. The predicted molar refractivity (Wildman–Crippen MR) is 94.4 cm³/mol. The van der Waals surface area contributed by atoms with Crippen LogP contribution in [0, 0.1) is 0 Å². The van der Waals surface area contributed by atoms with Gasteiger partial charge < -0.3 is 14.5 Å². The fourth-order valence-corrected chi connectivity index (χ4v) is 2.31. The van der Waals surface area contributed by atoms with E-state index in [-0.39, 0.29) is 12.5 Å². The molecular formula is C17H25BrN2O3. The summed E-state index contributed by atoms with van der Waals surface area (Å²) in [6.07, 6.45) is 0. The van der Waals surface area contributed by atoms with Crippen LogP contribution >= 0.6 is 15.9 Å². The molecule has 128 valence electrons. The topological polar surface area (TPSA) is 49.9 Å². The van der Waals surface area contributed by atoms with Gasteiger partial charge in [-0.05, 0) is 53.1 Å². The molecule has 0 saturated carbocycles. The first-order chi connectivity index (χ1) is 10.6. The van der Waals surface area contributed by atoms with E-state index in [2.05, 4.69) is 15.9 Å². The molecular weight excluding hydrogens is 360 g/mol. The maximum absolute atomic E-state index is 12.7. The van der Waals surface area contributed by atoms with Gasteiger partial charge in [-0.2, -0.15) is 0 Å². The second-order valence-corrected chi connectivity index (χ2v) is 7.54. The lowest BCUT2D eigenvalue weighted by Crippen LogP contribution is -2.42. The van der Waals surface area contributed by atoms with E-state index in [0.717, 1.165) is 4.47 Å².